The Balaban J connectivity index is 1.33. The lowest BCUT2D eigenvalue weighted by atomic mass is 10.1. The number of aryl methyl sites for hydroxylation is 1. The van der Waals surface area contributed by atoms with Crippen molar-refractivity contribution >= 4 is 34.1 Å². The molecular formula is C20H14F3N5O2S2. The molecule has 0 bridgehead atoms. The second kappa shape index (κ2) is 9.09. The van der Waals surface area contributed by atoms with E-state index in [0.29, 0.717) is 21.8 Å². The van der Waals surface area contributed by atoms with Gasteiger partial charge in [-0.25, -0.2) is 0 Å². The predicted molar refractivity (Wildman–Crippen MR) is 113 cm³/mol. The molecule has 0 atom stereocenters. The molecule has 4 aromatic rings. The number of hydrogen-bond donors (Lipinski definition) is 1. The number of anilines is 1. The van der Waals surface area contributed by atoms with Crippen molar-refractivity contribution < 1.29 is 22.5 Å². The Bertz CT molecular complexity index is 1220. The number of aromatic nitrogens is 4. The third-order valence-corrected chi connectivity index (χ3v) is 6.16. The Labute approximate surface area is 188 Å². The number of nitrogens with zero attached hydrogens (tertiary/aromatic N) is 4. The summed E-state index contributed by atoms with van der Waals surface area (Å²) in [6.07, 6.45) is -4.46. The maximum atomic E-state index is 12.6. The summed E-state index contributed by atoms with van der Waals surface area (Å²) in [5, 5.41) is 14.6. The average Bonchev–Trinajstić information content (AvgIpc) is 3.42. The molecular weight excluding hydrogens is 463 g/mol. The van der Waals surface area contributed by atoms with Gasteiger partial charge in [-0.1, -0.05) is 58.1 Å². The zero-order chi connectivity index (χ0) is 22.7. The summed E-state index contributed by atoms with van der Waals surface area (Å²) >= 11 is 2.43. The van der Waals surface area contributed by atoms with Gasteiger partial charge in [0.15, 0.2) is 4.34 Å². The highest BCUT2D eigenvalue weighted by molar-refractivity contribution is 8.00. The van der Waals surface area contributed by atoms with Crippen molar-refractivity contribution in [3.8, 4) is 11.4 Å². The lowest BCUT2D eigenvalue weighted by molar-refractivity contribution is -0.137. The molecule has 7 nitrogen and oxygen atoms in total. The first-order chi connectivity index (χ1) is 15.3. The third kappa shape index (κ3) is 5.32. The first kappa shape index (κ1) is 22.0. The van der Waals surface area contributed by atoms with Crippen LogP contribution in [0, 0.1) is 6.92 Å². The number of hydrogen-bond acceptors (Lipinski definition) is 8. The van der Waals surface area contributed by atoms with Gasteiger partial charge in [0, 0.05) is 11.1 Å². The van der Waals surface area contributed by atoms with Crippen molar-refractivity contribution in [2.24, 2.45) is 0 Å². The molecule has 1 amide bonds. The quantitative estimate of drug-likeness (QED) is 0.291. The summed E-state index contributed by atoms with van der Waals surface area (Å²) in [7, 11) is 0. The van der Waals surface area contributed by atoms with E-state index in [-0.39, 0.29) is 10.7 Å². The zero-order valence-corrected chi connectivity index (χ0v) is 18.0. The van der Waals surface area contributed by atoms with E-state index in [0.717, 1.165) is 46.7 Å². The summed E-state index contributed by atoms with van der Waals surface area (Å²) in [6, 6.07) is 11.7. The number of carbonyl (C=O) groups is 1. The largest absolute Gasteiger partial charge is 0.416 e. The summed E-state index contributed by atoms with van der Waals surface area (Å²) < 4.78 is 43.7. The van der Waals surface area contributed by atoms with Gasteiger partial charge in [0.2, 0.25) is 16.8 Å². The number of carbonyl (C=O) groups excluding carboxylic acids is 1. The van der Waals surface area contributed by atoms with Gasteiger partial charge in [-0.05, 0) is 31.2 Å². The van der Waals surface area contributed by atoms with Crippen LogP contribution in [0.25, 0.3) is 11.4 Å². The van der Waals surface area contributed by atoms with Crippen LogP contribution in [0.3, 0.4) is 0 Å². The fourth-order valence-electron chi connectivity index (χ4n) is 2.56. The van der Waals surface area contributed by atoms with Gasteiger partial charge in [-0.2, -0.15) is 18.2 Å². The van der Waals surface area contributed by atoms with Crippen LogP contribution < -0.4 is 5.32 Å². The zero-order valence-electron chi connectivity index (χ0n) is 16.4. The van der Waals surface area contributed by atoms with Crippen molar-refractivity contribution in [3.05, 3.63) is 71.1 Å². The molecule has 0 radical (unpaired) electrons. The Hall–Kier alpha value is -3.25. The molecule has 0 aliphatic heterocycles. The van der Waals surface area contributed by atoms with Crippen molar-refractivity contribution in [3.63, 3.8) is 0 Å². The highest BCUT2D eigenvalue weighted by Crippen LogP contribution is 2.30. The molecule has 0 saturated heterocycles. The third-order valence-electron chi connectivity index (χ3n) is 4.20. The Morgan fingerprint density at radius 1 is 1.09 bits per heavy atom. The van der Waals surface area contributed by atoms with Crippen LogP contribution in [-0.4, -0.2) is 26.2 Å². The lowest BCUT2D eigenvalue weighted by Crippen LogP contribution is -2.12. The van der Waals surface area contributed by atoms with Gasteiger partial charge < -0.3 is 4.52 Å². The van der Waals surface area contributed by atoms with Crippen LogP contribution in [0.4, 0.5) is 18.3 Å². The van der Waals surface area contributed by atoms with Crippen molar-refractivity contribution in [1.82, 2.24) is 20.3 Å². The molecule has 0 unspecified atom stereocenters. The predicted octanol–water partition coefficient (Wildman–Crippen LogP) is 5.46. The molecule has 2 heterocycles. The summed E-state index contributed by atoms with van der Waals surface area (Å²) in [5.74, 6) is 0.685. The Morgan fingerprint density at radius 3 is 2.50 bits per heavy atom. The van der Waals surface area contributed by atoms with Crippen LogP contribution in [0.5, 0.6) is 0 Å². The Kier molecular flexibility index (Phi) is 6.24. The number of amides is 1. The molecule has 0 spiro atoms. The first-order valence-electron chi connectivity index (χ1n) is 9.12. The van der Waals surface area contributed by atoms with E-state index >= 15 is 0 Å². The standard InChI is InChI=1S/C20H14F3N5O2S2/c1-11-2-4-12(5-3-11)16-24-15(30-28-16)10-31-19-27-26-18(32-19)25-17(29)13-6-8-14(9-7-13)20(21,22)23/h2-9H,10H2,1H3,(H,25,26,29). The van der Waals surface area contributed by atoms with Crippen molar-refractivity contribution in [2.75, 3.05) is 5.32 Å². The van der Waals surface area contributed by atoms with Gasteiger partial charge in [-0.15, -0.1) is 10.2 Å². The first-order valence-corrected chi connectivity index (χ1v) is 10.9. The topological polar surface area (TPSA) is 93.8 Å². The normalized spacial score (nSPS) is 11.5. The average molecular weight is 477 g/mol. The van der Waals surface area contributed by atoms with Crippen molar-refractivity contribution in [1.29, 1.82) is 0 Å². The summed E-state index contributed by atoms with van der Waals surface area (Å²) in [4.78, 5) is 16.6. The van der Waals surface area contributed by atoms with E-state index in [1.165, 1.54) is 11.8 Å². The fourth-order valence-corrected chi connectivity index (χ4v) is 4.14. The second-order valence-corrected chi connectivity index (χ2v) is 8.77. The van der Waals surface area contributed by atoms with Crippen LogP contribution in [0.2, 0.25) is 0 Å². The van der Waals surface area contributed by atoms with Crippen molar-refractivity contribution in [2.45, 2.75) is 23.2 Å². The van der Waals surface area contributed by atoms with E-state index < -0.39 is 17.6 Å². The molecule has 12 heteroatoms. The maximum absolute atomic E-state index is 12.6. The van der Waals surface area contributed by atoms with Gasteiger partial charge in [0.05, 0.1) is 11.3 Å². The number of nitrogens with one attached hydrogen (secondary N) is 1. The van der Waals surface area contributed by atoms with Gasteiger partial charge in [0.1, 0.15) is 0 Å². The monoisotopic (exact) mass is 477 g/mol. The highest BCUT2D eigenvalue weighted by atomic mass is 32.2. The van der Waals surface area contributed by atoms with Gasteiger partial charge in [0.25, 0.3) is 5.91 Å². The molecule has 2 aromatic carbocycles. The van der Waals surface area contributed by atoms with Gasteiger partial charge >= 0.3 is 6.18 Å². The molecule has 0 aliphatic carbocycles. The fraction of sp³-hybridized carbons (Fsp3) is 0.150. The number of thioether (sulfide) groups is 1. The minimum Gasteiger partial charge on any atom is -0.338 e. The summed E-state index contributed by atoms with van der Waals surface area (Å²) in [6.45, 7) is 1.99. The van der Waals surface area contributed by atoms with Crippen LogP contribution in [-0.2, 0) is 11.9 Å². The SMILES string of the molecule is Cc1ccc(-c2noc(CSc3nnc(NC(=O)c4ccc(C(F)(F)F)cc4)s3)n2)cc1. The van der Waals surface area contributed by atoms with E-state index in [2.05, 4.69) is 25.7 Å². The summed E-state index contributed by atoms with van der Waals surface area (Å²) in [5.41, 5.74) is 1.23. The smallest absolute Gasteiger partial charge is 0.338 e. The molecule has 164 valence electrons. The number of rotatable bonds is 6. The molecule has 1 N–H and O–H groups in total. The minimum atomic E-state index is -4.46. The van der Waals surface area contributed by atoms with E-state index in [1.54, 1.807) is 0 Å². The molecule has 32 heavy (non-hydrogen) atoms. The molecule has 0 saturated carbocycles. The second-order valence-electron chi connectivity index (χ2n) is 6.57. The Morgan fingerprint density at radius 2 is 1.81 bits per heavy atom. The molecule has 0 aliphatic rings. The minimum absolute atomic E-state index is 0.0805. The van der Waals surface area contributed by atoms with E-state index in [4.69, 9.17) is 4.52 Å². The number of benzene rings is 2. The molecule has 2 aromatic heterocycles. The highest BCUT2D eigenvalue weighted by Gasteiger charge is 2.30. The van der Waals surface area contributed by atoms with Crippen LogP contribution >= 0.6 is 23.1 Å². The van der Waals surface area contributed by atoms with Crippen LogP contribution in [0.1, 0.15) is 27.4 Å². The maximum Gasteiger partial charge on any atom is 0.416 e. The van der Waals surface area contributed by atoms with Crippen LogP contribution in [0.15, 0.2) is 57.4 Å². The van der Waals surface area contributed by atoms with E-state index in [1.807, 2.05) is 31.2 Å². The molecule has 4 rings (SSSR count). The van der Waals surface area contributed by atoms with Gasteiger partial charge in [-0.3, -0.25) is 10.1 Å². The number of alkyl halides is 3. The lowest BCUT2D eigenvalue weighted by Gasteiger charge is -2.07. The number of halogens is 3. The molecule has 0 fully saturated rings. The van der Waals surface area contributed by atoms with E-state index in [9.17, 15) is 18.0 Å².